The Morgan fingerprint density at radius 3 is 2.07 bits per heavy atom. The van der Waals surface area contributed by atoms with Crippen LogP contribution in [0.15, 0.2) is 46.5 Å². The van der Waals surface area contributed by atoms with Gasteiger partial charge in [-0.15, -0.1) is 0 Å². The first-order chi connectivity index (χ1) is 13.0. The van der Waals surface area contributed by atoms with Crippen LogP contribution < -0.4 is 15.5 Å². The molecule has 28 heavy (non-hydrogen) atoms. The van der Waals surface area contributed by atoms with Gasteiger partial charge in [-0.25, -0.2) is 14.2 Å². The minimum absolute atomic E-state index is 0.0265. The zero-order valence-electron chi connectivity index (χ0n) is 14.6. The molecule has 0 amide bonds. The van der Waals surface area contributed by atoms with E-state index in [0.29, 0.717) is 27.6 Å². The van der Waals surface area contributed by atoms with Gasteiger partial charge in [-0.2, -0.15) is 22.0 Å². The summed E-state index contributed by atoms with van der Waals surface area (Å²) in [7, 11) is 0. The molecule has 0 radical (unpaired) electrons. The van der Waals surface area contributed by atoms with E-state index in [2.05, 4.69) is 19.7 Å². The molecule has 2 aromatic rings. The number of para-hydroxylation sites is 2. The largest absolute Gasteiger partial charge is 0.487 e. The van der Waals surface area contributed by atoms with Gasteiger partial charge in [0.1, 0.15) is 17.0 Å². The van der Waals surface area contributed by atoms with Gasteiger partial charge in [0.2, 0.25) is 5.11 Å². The van der Waals surface area contributed by atoms with Crippen molar-refractivity contribution in [2.24, 2.45) is 9.98 Å². The van der Waals surface area contributed by atoms with Crippen molar-refractivity contribution in [1.29, 1.82) is 0 Å². The van der Waals surface area contributed by atoms with Crippen molar-refractivity contribution in [3.8, 4) is 5.75 Å². The normalized spacial score (nSPS) is 12.9. The quantitative estimate of drug-likeness (QED) is 0.567. The van der Waals surface area contributed by atoms with Crippen molar-refractivity contribution in [2.45, 2.75) is 25.9 Å². The van der Waals surface area contributed by atoms with Crippen LogP contribution in [0.4, 0.5) is 22.0 Å². The van der Waals surface area contributed by atoms with E-state index in [9.17, 15) is 26.2 Å². The zero-order chi connectivity index (χ0) is 20.9. The van der Waals surface area contributed by atoms with Gasteiger partial charge >= 0.3 is 12.1 Å². The molecule has 0 spiro atoms. The summed E-state index contributed by atoms with van der Waals surface area (Å²) in [6.07, 6.45) is -4.33. The minimum Gasteiger partial charge on any atom is -0.487 e. The first-order valence-corrected chi connectivity index (χ1v) is 8.48. The molecule has 5 nitrogen and oxygen atoms in total. The summed E-state index contributed by atoms with van der Waals surface area (Å²) in [5.41, 5.74) is 0.947. The maximum absolute atomic E-state index is 12.6. The number of fused-ring (bicyclic) bond motifs is 1. The molecule has 3 rings (SSSR count). The molecule has 0 saturated heterocycles. The number of halogens is 5. The van der Waals surface area contributed by atoms with Crippen LogP contribution >= 0.6 is 0 Å². The summed E-state index contributed by atoms with van der Waals surface area (Å²) >= 11 is 0.322. The zero-order valence-corrected chi connectivity index (χ0v) is 15.4. The van der Waals surface area contributed by atoms with E-state index in [0.717, 1.165) is 10.7 Å². The lowest BCUT2D eigenvalue weighted by Gasteiger charge is -2.20. The summed E-state index contributed by atoms with van der Waals surface area (Å²) in [6.45, 7) is 1.40. The molecule has 2 heterocycles. The third kappa shape index (κ3) is 5.18. The van der Waals surface area contributed by atoms with Crippen LogP contribution in [0.5, 0.6) is 5.75 Å². The fourth-order valence-corrected chi connectivity index (χ4v) is 2.22. The Hall–Kier alpha value is -2.69. The summed E-state index contributed by atoms with van der Waals surface area (Å²) in [5.74, 6) is -4.89. The van der Waals surface area contributed by atoms with E-state index in [1.165, 1.54) is 19.2 Å². The molecule has 0 bridgehead atoms. The molecule has 1 aliphatic rings. The van der Waals surface area contributed by atoms with Gasteiger partial charge in [-0.3, -0.25) is 4.98 Å². The summed E-state index contributed by atoms with van der Waals surface area (Å²) in [6, 6.07) is 8.66. The molecule has 11 heteroatoms. The smallest absolute Gasteiger partial charge is 0.456 e. The summed E-state index contributed by atoms with van der Waals surface area (Å²) < 4.78 is 75.6. The standard InChI is InChI=1S/C10H10F5NO.C7H4N2OS/c1-6-7(2)16-4-3-8(6)17-5-9(11,12)10(13,14)15;10-11-7-8-5-3-1-2-4-6(5)9-7/h3-4H,5H2,1-2H3;1-4H. The first kappa shape index (κ1) is 21.6. The maximum Gasteiger partial charge on any atom is 0.456 e. The number of hydrogen-bond acceptors (Lipinski definition) is 3. The lowest BCUT2D eigenvalue weighted by molar-refractivity contribution is -0.290. The van der Waals surface area contributed by atoms with Crippen molar-refractivity contribution in [3.05, 3.63) is 58.5 Å². The molecule has 0 fully saturated rings. The number of pyridine rings is 1. The van der Waals surface area contributed by atoms with Gasteiger partial charge in [-0.05, 0) is 32.0 Å². The Labute approximate surface area is 159 Å². The summed E-state index contributed by atoms with van der Waals surface area (Å²) in [5, 5.41) is 1.86. The third-order valence-electron chi connectivity index (χ3n) is 3.62. The highest BCUT2D eigenvalue weighted by molar-refractivity contribution is 7.66. The predicted octanol–water partition coefficient (Wildman–Crippen LogP) is 2.51. The Morgan fingerprint density at radius 1 is 1.00 bits per heavy atom. The van der Waals surface area contributed by atoms with Gasteiger partial charge in [0.25, 0.3) is 0 Å². The average Bonchev–Trinajstić information content (AvgIpc) is 3.06. The van der Waals surface area contributed by atoms with Crippen LogP contribution in [0.25, 0.3) is 0 Å². The van der Waals surface area contributed by atoms with Crippen molar-refractivity contribution >= 4 is 16.4 Å². The monoisotopic (exact) mass is 419 g/mol. The number of aryl methyl sites for hydroxylation is 1. The highest BCUT2D eigenvalue weighted by Gasteiger charge is 2.58. The number of nitrogens with zero attached hydrogens (tertiary/aromatic N) is 3. The van der Waals surface area contributed by atoms with E-state index in [4.69, 9.17) is 0 Å². The van der Waals surface area contributed by atoms with Crippen LogP contribution in [-0.2, 0) is 11.3 Å². The number of alkyl halides is 5. The topological polar surface area (TPSA) is 63.9 Å². The second kappa shape index (κ2) is 8.55. The second-order valence-corrected chi connectivity index (χ2v) is 6.12. The number of ether oxygens (including phenoxy) is 1. The van der Waals surface area contributed by atoms with Gasteiger partial charge in [-0.1, -0.05) is 12.1 Å². The maximum atomic E-state index is 12.6. The van der Waals surface area contributed by atoms with E-state index in [1.807, 2.05) is 24.3 Å². The van der Waals surface area contributed by atoms with Crippen LogP contribution in [0.1, 0.15) is 11.3 Å². The SMILES string of the molecule is Cc1nccc(OCC(F)(F)C(F)(F)F)c1C.O=S=C1N=c2ccccc2=N1. The van der Waals surface area contributed by atoms with E-state index < -0.39 is 18.7 Å². The molecule has 0 unspecified atom stereocenters. The van der Waals surface area contributed by atoms with Crippen molar-refractivity contribution < 1.29 is 30.9 Å². The van der Waals surface area contributed by atoms with Crippen LogP contribution in [-0.4, -0.2) is 33.0 Å². The summed E-state index contributed by atoms with van der Waals surface area (Å²) in [4.78, 5) is 11.8. The number of aromatic nitrogens is 1. The third-order valence-corrected chi connectivity index (χ3v) is 3.95. The van der Waals surface area contributed by atoms with Crippen LogP contribution in [0, 0.1) is 13.8 Å². The second-order valence-electron chi connectivity index (χ2n) is 5.59. The molecule has 0 atom stereocenters. The van der Waals surface area contributed by atoms with Crippen LogP contribution in [0.3, 0.4) is 0 Å². The Bertz CT molecular complexity index is 997. The minimum atomic E-state index is -5.61. The van der Waals surface area contributed by atoms with E-state index >= 15 is 0 Å². The lowest BCUT2D eigenvalue weighted by Crippen LogP contribution is -2.41. The molecule has 150 valence electrons. The molecular weight excluding hydrogens is 405 g/mol. The first-order valence-electron chi connectivity index (χ1n) is 7.74. The molecular formula is C17H14F5N3O2S. The van der Waals surface area contributed by atoms with Gasteiger partial charge in [0.15, 0.2) is 6.61 Å². The van der Waals surface area contributed by atoms with E-state index in [-0.39, 0.29) is 5.75 Å². The van der Waals surface area contributed by atoms with Gasteiger partial charge in [0.05, 0.1) is 10.7 Å². The molecule has 1 aromatic heterocycles. The molecule has 0 N–H and O–H groups in total. The molecule has 0 aliphatic carbocycles. The Kier molecular flexibility index (Phi) is 6.60. The van der Waals surface area contributed by atoms with Crippen molar-refractivity contribution in [3.63, 3.8) is 0 Å². The van der Waals surface area contributed by atoms with E-state index in [1.54, 1.807) is 6.92 Å². The van der Waals surface area contributed by atoms with Gasteiger partial charge < -0.3 is 4.74 Å². The van der Waals surface area contributed by atoms with Crippen LogP contribution in [0.2, 0.25) is 0 Å². The fraction of sp³-hybridized carbons (Fsp3) is 0.294. The molecule has 1 aliphatic heterocycles. The number of benzene rings is 1. The average molecular weight is 419 g/mol. The van der Waals surface area contributed by atoms with Crippen molar-refractivity contribution in [1.82, 2.24) is 4.98 Å². The van der Waals surface area contributed by atoms with Gasteiger partial charge in [0, 0.05) is 17.5 Å². The predicted molar refractivity (Wildman–Crippen MR) is 92.1 cm³/mol. The molecule has 1 aromatic carbocycles. The highest BCUT2D eigenvalue weighted by Crippen LogP contribution is 2.36. The number of hydrogen-bond donors (Lipinski definition) is 0. The highest BCUT2D eigenvalue weighted by atomic mass is 32.1. The molecule has 0 saturated carbocycles. The fourth-order valence-electron chi connectivity index (χ4n) is 1.95. The number of rotatable bonds is 3. The Balaban J connectivity index is 0.000000218. The lowest BCUT2D eigenvalue weighted by atomic mass is 10.2. The Morgan fingerprint density at radius 2 is 1.57 bits per heavy atom. The van der Waals surface area contributed by atoms with Crippen molar-refractivity contribution in [2.75, 3.05) is 6.61 Å².